The molecule has 6 nitrogen and oxygen atoms in total. The van der Waals surface area contributed by atoms with Gasteiger partial charge in [0.1, 0.15) is 11.5 Å². The number of hydrogen-bond donors (Lipinski definition) is 1. The Bertz CT molecular complexity index is 770. The summed E-state index contributed by atoms with van der Waals surface area (Å²) >= 11 is 5.97. The molecular formula is C13H11ClFN5O. The summed E-state index contributed by atoms with van der Waals surface area (Å²) in [5.41, 5.74) is 6.51. The van der Waals surface area contributed by atoms with Crippen molar-refractivity contribution in [1.82, 2.24) is 19.7 Å². The molecular weight excluding hydrogens is 297 g/mol. The summed E-state index contributed by atoms with van der Waals surface area (Å²) in [6, 6.07) is 3.98. The average molecular weight is 308 g/mol. The molecule has 1 aromatic carbocycles. The van der Waals surface area contributed by atoms with Crippen LogP contribution in [-0.2, 0) is 6.54 Å². The van der Waals surface area contributed by atoms with Crippen LogP contribution in [0.15, 0.2) is 35.2 Å². The van der Waals surface area contributed by atoms with Crippen molar-refractivity contribution in [3.05, 3.63) is 41.6 Å². The molecule has 3 aromatic rings. The maximum absolute atomic E-state index is 13.0. The molecule has 0 unspecified atom stereocenters. The van der Waals surface area contributed by atoms with Crippen molar-refractivity contribution in [2.24, 2.45) is 5.73 Å². The van der Waals surface area contributed by atoms with Crippen LogP contribution in [-0.4, -0.2) is 26.2 Å². The molecule has 2 N–H and O–H groups in total. The van der Waals surface area contributed by atoms with E-state index in [9.17, 15) is 4.39 Å². The Morgan fingerprint density at radius 1 is 1.38 bits per heavy atom. The Morgan fingerprint density at radius 2 is 2.24 bits per heavy atom. The third-order valence-corrected chi connectivity index (χ3v) is 3.15. The van der Waals surface area contributed by atoms with Crippen LogP contribution in [0.5, 0.6) is 0 Å². The first kappa shape index (κ1) is 13.7. The van der Waals surface area contributed by atoms with Crippen molar-refractivity contribution in [3.8, 4) is 23.0 Å². The van der Waals surface area contributed by atoms with Gasteiger partial charge in [-0.25, -0.2) is 9.37 Å². The zero-order valence-electron chi connectivity index (χ0n) is 10.8. The average Bonchev–Trinajstić information content (AvgIpc) is 3.08. The van der Waals surface area contributed by atoms with E-state index >= 15 is 0 Å². The van der Waals surface area contributed by atoms with Gasteiger partial charge in [0.15, 0.2) is 0 Å². The minimum atomic E-state index is -0.423. The molecule has 0 spiro atoms. The Labute approximate surface area is 124 Å². The van der Waals surface area contributed by atoms with Gasteiger partial charge in [0.2, 0.25) is 5.82 Å². The van der Waals surface area contributed by atoms with Crippen molar-refractivity contribution in [2.45, 2.75) is 6.54 Å². The largest absolute Gasteiger partial charge is 0.335 e. The molecule has 8 heteroatoms. The zero-order valence-corrected chi connectivity index (χ0v) is 11.6. The Morgan fingerprint density at radius 3 is 3.00 bits per heavy atom. The normalized spacial score (nSPS) is 11.0. The Balaban J connectivity index is 1.91. The molecule has 0 radical (unpaired) electrons. The molecule has 21 heavy (non-hydrogen) atoms. The first-order valence-corrected chi connectivity index (χ1v) is 6.56. The second kappa shape index (κ2) is 5.63. The fourth-order valence-corrected chi connectivity index (χ4v) is 2.10. The zero-order chi connectivity index (χ0) is 14.8. The number of halogens is 2. The van der Waals surface area contributed by atoms with Crippen molar-refractivity contribution in [1.29, 1.82) is 0 Å². The molecule has 2 aromatic heterocycles. The lowest BCUT2D eigenvalue weighted by molar-refractivity contribution is 0.431. The van der Waals surface area contributed by atoms with E-state index in [2.05, 4.69) is 15.1 Å². The van der Waals surface area contributed by atoms with Gasteiger partial charge in [-0.1, -0.05) is 16.8 Å². The summed E-state index contributed by atoms with van der Waals surface area (Å²) in [7, 11) is 0. The molecule has 0 saturated carbocycles. The van der Waals surface area contributed by atoms with Crippen molar-refractivity contribution in [3.63, 3.8) is 0 Å². The number of nitrogens with zero attached hydrogens (tertiary/aromatic N) is 4. The maximum Gasteiger partial charge on any atom is 0.278 e. The molecule has 2 heterocycles. The summed E-state index contributed by atoms with van der Waals surface area (Å²) < 4.78 is 20.0. The van der Waals surface area contributed by atoms with Crippen LogP contribution in [0.4, 0.5) is 4.39 Å². The molecule has 0 aliphatic heterocycles. The van der Waals surface area contributed by atoms with Crippen molar-refractivity contribution >= 4 is 11.6 Å². The summed E-state index contributed by atoms with van der Waals surface area (Å²) in [6.45, 7) is 1.16. The Kier molecular flexibility index (Phi) is 3.68. The van der Waals surface area contributed by atoms with E-state index in [-0.39, 0.29) is 16.7 Å². The number of rotatable bonds is 4. The number of aromatic nitrogens is 4. The second-order valence-electron chi connectivity index (χ2n) is 4.33. The number of benzene rings is 1. The highest BCUT2D eigenvalue weighted by Gasteiger charge is 2.15. The molecule has 108 valence electrons. The van der Waals surface area contributed by atoms with Crippen LogP contribution in [0.1, 0.15) is 0 Å². The summed E-state index contributed by atoms with van der Waals surface area (Å²) in [6.07, 6.45) is 3.40. The molecule has 0 atom stereocenters. The van der Waals surface area contributed by atoms with E-state index in [1.807, 2.05) is 4.57 Å². The lowest BCUT2D eigenvalue weighted by Crippen LogP contribution is -2.07. The Hall–Kier alpha value is -2.25. The van der Waals surface area contributed by atoms with Crippen LogP contribution in [0, 0.1) is 5.82 Å². The standard InChI is InChI=1S/C13H11ClFN5O/c14-10-5-8(15)1-2-9(10)12-18-13(21-19-12)11-6-20(4-3-16)7-17-11/h1-2,5-7H,3-4,16H2. The molecule has 0 amide bonds. The SMILES string of the molecule is NCCn1cnc(-c2nc(-c3ccc(F)cc3Cl)no2)c1. The predicted octanol–water partition coefficient (Wildman–Crippen LogP) is 2.35. The monoisotopic (exact) mass is 307 g/mol. The van der Waals surface area contributed by atoms with Gasteiger partial charge in [0.25, 0.3) is 5.89 Å². The summed E-state index contributed by atoms with van der Waals surface area (Å²) in [5.74, 6) is 0.123. The van der Waals surface area contributed by atoms with Crippen LogP contribution in [0.25, 0.3) is 23.0 Å². The van der Waals surface area contributed by atoms with E-state index in [0.29, 0.717) is 24.3 Å². The second-order valence-corrected chi connectivity index (χ2v) is 4.74. The number of hydrogen-bond acceptors (Lipinski definition) is 5. The van der Waals surface area contributed by atoms with Gasteiger partial charge >= 0.3 is 0 Å². The highest BCUT2D eigenvalue weighted by molar-refractivity contribution is 6.33. The van der Waals surface area contributed by atoms with Gasteiger partial charge in [-0.3, -0.25) is 0 Å². The molecule has 0 bridgehead atoms. The van der Waals surface area contributed by atoms with Gasteiger partial charge in [-0.05, 0) is 18.2 Å². The first-order valence-electron chi connectivity index (χ1n) is 6.18. The number of nitrogens with two attached hydrogens (primary N) is 1. The summed E-state index contributed by atoms with van der Waals surface area (Å²) in [5, 5.41) is 4.06. The van der Waals surface area contributed by atoms with Gasteiger partial charge in [0, 0.05) is 24.8 Å². The third kappa shape index (κ3) is 2.79. The van der Waals surface area contributed by atoms with Crippen LogP contribution in [0.2, 0.25) is 5.02 Å². The van der Waals surface area contributed by atoms with Gasteiger partial charge in [-0.2, -0.15) is 4.98 Å². The number of imidazole rings is 1. The minimum absolute atomic E-state index is 0.219. The van der Waals surface area contributed by atoms with Crippen LogP contribution >= 0.6 is 11.6 Å². The summed E-state index contributed by atoms with van der Waals surface area (Å²) in [4.78, 5) is 8.39. The van der Waals surface area contributed by atoms with Gasteiger partial charge in [0.05, 0.1) is 11.3 Å². The maximum atomic E-state index is 13.0. The van der Waals surface area contributed by atoms with E-state index in [0.717, 1.165) is 0 Å². The highest BCUT2D eigenvalue weighted by atomic mass is 35.5. The smallest absolute Gasteiger partial charge is 0.278 e. The fraction of sp³-hybridized carbons (Fsp3) is 0.154. The first-order chi connectivity index (χ1) is 10.2. The molecule has 0 aliphatic carbocycles. The van der Waals surface area contributed by atoms with Gasteiger partial charge in [-0.15, -0.1) is 0 Å². The van der Waals surface area contributed by atoms with Gasteiger partial charge < -0.3 is 14.8 Å². The minimum Gasteiger partial charge on any atom is -0.335 e. The van der Waals surface area contributed by atoms with E-state index < -0.39 is 5.82 Å². The van der Waals surface area contributed by atoms with E-state index in [1.54, 1.807) is 12.5 Å². The van der Waals surface area contributed by atoms with Crippen LogP contribution in [0.3, 0.4) is 0 Å². The quantitative estimate of drug-likeness (QED) is 0.800. The van der Waals surface area contributed by atoms with Crippen LogP contribution < -0.4 is 5.73 Å². The molecule has 0 fully saturated rings. The third-order valence-electron chi connectivity index (χ3n) is 2.84. The lowest BCUT2D eigenvalue weighted by atomic mass is 10.2. The topological polar surface area (TPSA) is 82.8 Å². The van der Waals surface area contributed by atoms with Crippen molar-refractivity contribution < 1.29 is 8.91 Å². The molecule has 3 rings (SSSR count). The predicted molar refractivity (Wildman–Crippen MR) is 75.0 cm³/mol. The lowest BCUT2D eigenvalue weighted by Gasteiger charge is -1.97. The fourth-order valence-electron chi connectivity index (χ4n) is 1.85. The molecule has 0 saturated heterocycles. The van der Waals surface area contributed by atoms with E-state index in [4.69, 9.17) is 21.9 Å². The highest BCUT2D eigenvalue weighted by Crippen LogP contribution is 2.27. The van der Waals surface area contributed by atoms with Crippen molar-refractivity contribution in [2.75, 3.05) is 6.54 Å². The molecule has 0 aliphatic rings. The van der Waals surface area contributed by atoms with E-state index in [1.165, 1.54) is 18.2 Å².